The van der Waals surface area contributed by atoms with Crippen molar-refractivity contribution in [2.75, 3.05) is 6.61 Å². The van der Waals surface area contributed by atoms with Gasteiger partial charge in [0.25, 0.3) is 0 Å². The second kappa shape index (κ2) is 14.1. The Balaban J connectivity index is 3.58. The lowest BCUT2D eigenvalue weighted by Gasteiger charge is -2.13. The van der Waals surface area contributed by atoms with Crippen molar-refractivity contribution in [2.24, 2.45) is 0 Å². The molecule has 0 heterocycles. The Morgan fingerprint density at radius 3 is 2.18 bits per heavy atom. The van der Waals surface area contributed by atoms with Crippen LogP contribution in [0.25, 0.3) is 0 Å². The predicted molar refractivity (Wildman–Crippen MR) is 89.2 cm³/mol. The van der Waals surface area contributed by atoms with E-state index in [1.165, 1.54) is 32.1 Å². The van der Waals surface area contributed by atoms with Gasteiger partial charge in [-0.2, -0.15) is 0 Å². The molecule has 1 atom stereocenters. The summed E-state index contributed by atoms with van der Waals surface area (Å²) in [7, 11) is 0. The molecule has 1 unspecified atom stereocenters. The molecule has 0 aliphatic carbocycles. The minimum absolute atomic E-state index is 0.0108. The molecule has 6 heteroatoms. The van der Waals surface area contributed by atoms with Crippen LogP contribution in [-0.2, 0) is 19.1 Å². The molecule has 0 N–H and O–H groups in total. The van der Waals surface area contributed by atoms with Gasteiger partial charge in [0.05, 0.1) is 18.9 Å². The monoisotopic (exact) mass is 354 g/mol. The molecule has 0 amide bonds. The highest BCUT2D eigenvalue weighted by atomic mass is 35.5. The molecule has 0 saturated carbocycles. The third-order valence-corrected chi connectivity index (χ3v) is 3.45. The molecular weight excluding hydrogens is 327 g/mol. The SMILES string of the molecule is CCCCCCCCC(C)OC(=O)CCC(=O)OCC(Cl)Cl. The van der Waals surface area contributed by atoms with E-state index in [2.05, 4.69) is 6.92 Å². The van der Waals surface area contributed by atoms with Crippen LogP contribution in [-0.4, -0.2) is 29.5 Å². The summed E-state index contributed by atoms with van der Waals surface area (Å²) in [6.07, 6.45) is 8.05. The minimum Gasteiger partial charge on any atom is -0.463 e. The Hall–Kier alpha value is -0.480. The summed E-state index contributed by atoms with van der Waals surface area (Å²) in [6.45, 7) is 4.01. The van der Waals surface area contributed by atoms with Gasteiger partial charge >= 0.3 is 11.9 Å². The van der Waals surface area contributed by atoms with Crippen molar-refractivity contribution in [3.63, 3.8) is 0 Å². The average molecular weight is 355 g/mol. The van der Waals surface area contributed by atoms with E-state index >= 15 is 0 Å². The lowest BCUT2D eigenvalue weighted by Crippen LogP contribution is -2.17. The van der Waals surface area contributed by atoms with Crippen LogP contribution in [0.1, 0.15) is 71.6 Å². The van der Waals surface area contributed by atoms with Crippen LogP contribution in [0.2, 0.25) is 0 Å². The van der Waals surface area contributed by atoms with E-state index in [0.717, 1.165) is 12.8 Å². The normalized spacial score (nSPS) is 12.2. The van der Waals surface area contributed by atoms with Crippen molar-refractivity contribution in [3.8, 4) is 0 Å². The van der Waals surface area contributed by atoms with Gasteiger partial charge in [-0.05, 0) is 19.8 Å². The van der Waals surface area contributed by atoms with Crippen molar-refractivity contribution >= 4 is 35.1 Å². The van der Waals surface area contributed by atoms with E-state index < -0.39 is 10.8 Å². The molecule has 4 nitrogen and oxygen atoms in total. The summed E-state index contributed by atoms with van der Waals surface area (Å²) in [5, 5.41) is 0. The summed E-state index contributed by atoms with van der Waals surface area (Å²) >= 11 is 10.9. The smallest absolute Gasteiger partial charge is 0.306 e. The first-order chi connectivity index (χ1) is 10.5. The van der Waals surface area contributed by atoms with Crippen LogP contribution >= 0.6 is 23.2 Å². The topological polar surface area (TPSA) is 52.6 Å². The maximum atomic E-state index is 11.6. The van der Waals surface area contributed by atoms with Crippen LogP contribution in [0.5, 0.6) is 0 Å². The lowest BCUT2D eigenvalue weighted by molar-refractivity contribution is -0.153. The first-order valence-corrected chi connectivity index (χ1v) is 8.96. The Bertz CT molecular complexity index is 309. The standard InChI is InChI=1S/C16H28Cl2O4/c1-3-4-5-6-7-8-9-13(2)22-16(20)11-10-15(19)21-12-14(17)18/h13-14H,3-12H2,1-2H3. The number of alkyl halides is 2. The summed E-state index contributed by atoms with van der Waals surface area (Å²) in [4.78, 5) is 22.1. The van der Waals surface area contributed by atoms with Crippen molar-refractivity contribution < 1.29 is 19.1 Å². The third-order valence-electron chi connectivity index (χ3n) is 3.20. The molecule has 0 spiro atoms. The molecule has 0 fully saturated rings. The Labute approximate surface area is 143 Å². The number of hydrogen-bond donors (Lipinski definition) is 0. The molecule has 0 radical (unpaired) electrons. The average Bonchev–Trinajstić information content (AvgIpc) is 2.46. The second-order valence-corrected chi connectivity index (χ2v) is 6.71. The van der Waals surface area contributed by atoms with Crippen molar-refractivity contribution in [1.29, 1.82) is 0 Å². The van der Waals surface area contributed by atoms with Crippen LogP contribution in [0.15, 0.2) is 0 Å². The molecular formula is C16H28Cl2O4. The number of carbonyl (C=O) groups excluding carboxylic acids is 2. The van der Waals surface area contributed by atoms with Gasteiger partial charge in [0.2, 0.25) is 0 Å². The predicted octanol–water partition coefficient (Wildman–Crippen LogP) is 4.80. The summed E-state index contributed by atoms with van der Waals surface area (Å²) in [6, 6.07) is 0. The van der Waals surface area contributed by atoms with Crippen molar-refractivity contribution in [3.05, 3.63) is 0 Å². The number of ether oxygens (including phenoxy) is 2. The molecule has 0 aromatic rings. The Morgan fingerprint density at radius 2 is 1.55 bits per heavy atom. The fourth-order valence-electron chi connectivity index (χ4n) is 1.99. The molecule has 22 heavy (non-hydrogen) atoms. The number of carbonyl (C=O) groups is 2. The number of rotatable bonds is 13. The highest BCUT2D eigenvalue weighted by Crippen LogP contribution is 2.11. The maximum Gasteiger partial charge on any atom is 0.306 e. The molecule has 0 aromatic carbocycles. The van der Waals surface area contributed by atoms with E-state index in [-0.39, 0.29) is 31.5 Å². The van der Waals surface area contributed by atoms with Gasteiger partial charge in [0, 0.05) is 0 Å². The quantitative estimate of drug-likeness (QED) is 0.271. The highest BCUT2D eigenvalue weighted by Gasteiger charge is 2.13. The number of hydrogen-bond acceptors (Lipinski definition) is 4. The zero-order valence-corrected chi connectivity index (χ0v) is 15.1. The molecule has 0 bridgehead atoms. The number of unbranched alkanes of at least 4 members (excludes halogenated alkanes) is 5. The van der Waals surface area contributed by atoms with E-state index in [9.17, 15) is 9.59 Å². The van der Waals surface area contributed by atoms with Crippen LogP contribution < -0.4 is 0 Å². The van der Waals surface area contributed by atoms with Gasteiger partial charge in [-0.1, -0.05) is 39.0 Å². The van der Waals surface area contributed by atoms with E-state index in [0.29, 0.717) is 0 Å². The number of halogens is 2. The fourth-order valence-corrected chi connectivity index (χ4v) is 2.11. The van der Waals surface area contributed by atoms with Crippen LogP contribution in [0, 0.1) is 0 Å². The first kappa shape index (κ1) is 21.5. The van der Waals surface area contributed by atoms with E-state index in [4.69, 9.17) is 32.7 Å². The minimum atomic E-state index is -0.742. The van der Waals surface area contributed by atoms with Crippen molar-refractivity contribution in [1.82, 2.24) is 0 Å². The molecule has 0 saturated heterocycles. The highest BCUT2D eigenvalue weighted by molar-refractivity contribution is 6.44. The zero-order valence-electron chi connectivity index (χ0n) is 13.6. The van der Waals surface area contributed by atoms with Crippen LogP contribution in [0.4, 0.5) is 0 Å². The van der Waals surface area contributed by atoms with Gasteiger partial charge in [-0.15, -0.1) is 23.2 Å². The second-order valence-electron chi connectivity index (χ2n) is 5.43. The molecule has 0 aliphatic heterocycles. The van der Waals surface area contributed by atoms with E-state index in [1.54, 1.807) is 0 Å². The first-order valence-electron chi connectivity index (χ1n) is 8.09. The van der Waals surface area contributed by atoms with Gasteiger partial charge < -0.3 is 9.47 Å². The summed E-state index contributed by atoms with van der Waals surface area (Å²) < 4.78 is 10.0. The van der Waals surface area contributed by atoms with Gasteiger partial charge in [-0.25, -0.2) is 0 Å². The van der Waals surface area contributed by atoms with Crippen molar-refractivity contribution in [2.45, 2.75) is 82.6 Å². The van der Waals surface area contributed by atoms with Gasteiger partial charge in [0.15, 0.2) is 0 Å². The maximum absolute atomic E-state index is 11.6. The lowest BCUT2D eigenvalue weighted by atomic mass is 10.1. The molecule has 0 rings (SSSR count). The van der Waals surface area contributed by atoms with Crippen LogP contribution in [0.3, 0.4) is 0 Å². The molecule has 130 valence electrons. The summed E-state index contributed by atoms with van der Waals surface area (Å²) in [5.74, 6) is -0.865. The molecule has 0 aliphatic rings. The van der Waals surface area contributed by atoms with Gasteiger partial charge in [0.1, 0.15) is 11.4 Å². The van der Waals surface area contributed by atoms with Gasteiger partial charge in [-0.3, -0.25) is 9.59 Å². The largest absolute Gasteiger partial charge is 0.463 e. The van der Waals surface area contributed by atoms with E-state index in [1.807, 2.05) is 6.92 Å². The Kier molecular flexibility index (Phi) is 13.8. The fraction of sp³-hybridized carbons (Fsp3) is 0.875. The zero-order chi connectivity index (χ0) is 16.8. The molecule has 0 aromatic heterocycles. The summed E-state index contributed by atoms with van der Waals surface area (Å²) in [5.41, 5.74) is 0. The number of esters is 2. The third kappa shape index (κ3) is 14.5. The Morgan fingerprint density at radius 1 is 0.955 bits per heavy atom.